The Balaban J connectivity index is 2.37. The fraction of sp³-hybridized carbons (Fsp3) is 0.333. The smallest absolute Gasteiger partial charge is 0.118 e. The lowest BCUT2D eigenvalue weighted by atomic mass is 9.81. The van der Waals surface area contributed by atoms with Crippen LogP contribution in [0.25, 0.3) is 0 Å². The van der Waals surface area contributed by atoms with E-state index in [9.17, 15) is 5.11 Å². The second-order valence-electron chi connectivity index (χ2n) is 6.45. The molecule has 0 bridgehead atoms. The average Bonchev–Trinajstić information content (AvgIpc) is 2.61. The van der Waals surface area contributed by atoms with Crippen molar-refractivity contribution < 1.29 is 14.6 Å². The Labute approximate surface area is 150 Å². The summed E-state index contributed by atoms with van der Waals surface area (Å²) in [5, 5.41) is 11.5. The summed E-state index contributed by atoms with van der Waals surface area (Å²) in [5.41, 5.74) is 1.40. The summed E-state index contributed by atoms with van der Waals surface area (Å²) in [6.07, 6.45) is 0.440. The van der Waals surface area contributed by atoms with Gasteiger partial charge in [-0.2, -0.15) is 0 Å². The van der Waals surface area contributed by atoms with Gasteiger partial charge in [-0.3, -0.25) is 0 Å². The molecule has 0 fully saturated rings. The number of benzene rings is 2. The molecule has 0 spiro atoms. The Morgan fingerprint density at radius 3 is 1.88 bits per heavy atom. The van der Waals surface area contributed by atoms with E-state index in [2.05, 4.69) is 6.58 Å². The number of aliphatic hydroxyl groups is 1. The monoisotopic (exact) mass is 341 g/mol. The van der Waals surface area contributed by atoms with Crippen molar-refractivity contribution in [2.45, 2.75) is 12.0 Å². The van der Waals surface area contributed by atoms with Gasteiger partial charge in [-0.05, 0) is 55.1 Å². The number of ether oxygens (including phenoxy) is 2. The molecule has 1 N–H and O–H groups in total. The maximum absolute atomic E-state index is 11.5. The maximum atomic E-state index is 11.5. The van der Waals surface area contributed by atoms with Crippen LogP contribution < -0.4 is 9.47 Å². The van der Waals surface area contributed by atoms with Crippen molar-refractivity contribution in [2.24, 2.45) is 0 Å². The molecule has 1 atom stereocenters. The van der Waals surface area contributed by atoms with Crippen molar-refractivity contribution in [1.29, 1.82) is 0 Å². The molecule has 4 nitrogen and oxygen atoms in total. The van der Waals surface area contributed by atoms with E-state index >= 15 is 0 Å². The number of methoxy groups -OCH3 is 2. The van der Waals surface area contributed by atoms with Crippen molar-refractivity contribution in [2.75, 3.05) is 34.9 Å². The van der Waals surface area contributed by atoms with Gasteiger partial charge in [0.25, 0.3) is 0 Å². The molecule has 0 aliphatic heterocycles. The molecule has 4 heteroatoms. The second-order valence-corrected chi connectivity index (χ2v) is 6.45. The minimum absolute atomic E-state index is 0.440. The number of hydrogen-bond acceptors (Lipinski definition) is 4. The summed E-state index contributed by atoms with van der Waals surface area (Å²) in [7, 11) is 7.20. The molecule has 2 rings (SSSR count). The molecule has 134 valence electrons. The van der Waals surface area contributed by atoms with Gasteiger partial charge in [0.2, 0.25) is 0 Å². The molecule has 1 unspecified atom stereocenters. The van der Waals surface area contributed by atoms with Crippen LogP contribution in [0.5, 0.6) is 11.5 Å². The largest absolute Gasteiger partial charge is 0.497 e. The summed E-state index contributed by atoms with van der Waals surface area (Å²) in [4.78, 5) is 2.00. The maximum Gasteiger partial charge on any atom is 0.118 e. The van der Waals surface area contributed by atoms with Gasteiger partial charge in [0, 0.05) is 13.0 Å². The standard InChI is InChI=1S/C21H27NO3/c1-16(15-22(2)3)21(23,18-8-12-20(25-5)13-9-18)14-17-6-10-19(24-4)11-7-17/h6-13,23H,1,14-15H2,2-5H3. The zero-order chi connectivity index (χ0) is 18.4. The third kappa shape index (κ3) is 4.62. The zero-order valence-electron chi connectivity index (χ0n) is 15.5. The van der Waals surface area contributed by atoms with Crippen LogP contribution in [-0.4, -0.2) is 44.9 Å². The summed E-state index contributed by atoms with van der Waals surface area (Å²) < 4.78 is 10.4. The average molecular weight is 341 g/mol. The molecule has 0 heterocycles. The topological polar surface area (TPSA) is 41.9 Å². The highest BCUT2D eigenvalue weighted by Gasteiger charge is 2.33. The van der Waals surface area contributed by atoms with E-state index in [-0.39, 0.29) is 0 Å². The van der Waals surface area contributed by atoms with E-state index in [4.69, 9.17) is 9.47 Å². The fourth-order valence-electron chi connectivity index (χ4n) is 2.85. The molecule has 0 saturated heterocycles. The lowest BCUT2D eigenvalue weighted by Crippen LogP contribution is -2.35. The Morgan fingerprint density at radius 2 is 1.44 bits per heavy atom. The minimum Gasteiger partial charge on any atom is -0.497 e. The van der Waals surface area contributed by atoms with E-state index in [0.29, 0.717) is 13.0 Å². The first-order chi connectivity index (χ1) is 11.9. The normalized spacial score (nSPS) is 13.4. The van der Waals surface area contributed by atoms with Crippen LogP contribution in [0, 0.1) is 0 Å². The van der Waals surface area contributed by atoms with Crippen molar-refractivity contribution >= 4 is 0 Å². The predicted octanol–water partition coefficient (Wildman–Crippen LogP) is 3.25. The van der Waals surface area contributed by atoms with Crippen molar-refractivity contribution in [3.05, 3.63) is 71.8 Å². The highest BCUT2D eigenvalue weighted by Crippen LogP contribution is 2.34. The molecular formula is C21H27NO3. The summed E-state index contributed by atoms with van der Waals surface area (Å²) in [5.74, 6) is 1.55. The van der Waals surface area contributed by atoms with Crippen molar-refractivity contribution in [3.63, 3.8) is 0 Å². The van der Waals surface area contributed by atoms with Crippen LogP contribution in [0.1, 0.15) is 11.1 Å². The molecule has 0 aromatic heterocycles. The van der Waals surface area contributed by atoms with E-state index < -0.39 is 5.60 Å². The van der Waals surface area contributed by atoms with Gasteiger partial charge in [0.1, 0.15) is 17.1 Å². The number of rotatable bonds is 8. The number of hydrogen-bond donors (Lipinski definition) is 1. The first-order valence-electron chi connectivity index (χ1n) is 8.22. The molecule has 25 heavy (non-hydrogen) atoms. The minimum atomic E-state index is -1.16. The summed E-state index contributed by atoms with van der Waals surface area (Å²) in [6.45, 7) is 4.76. The van der Waals surface area contributed by atoms with Gasteiger partial charge in [-0.1, -0.05) is 30.8 Å². The van der Waals surface area contributed by atoms with Crippen LogP contribution in [0.4, 0.5) is 0 Å². The third-order valence-corrected chi connectivity index (χ3v) is 4.28. The van der Waals surface area contributed by atoms with Crippen LogP contribution in [-0.2, 0) is 12.0 Å². The molecule has 0 saturated carbocycles. The molecule has 0 radical (unpaired) electrons. The number of nitrogens with zero attached hydrogens (tertiary/aromatic N) is 1. The van der Waals surface area contributed by atoms with Crippen LogP contribution in [0.3, 0.4) is 0 Å². The molecular weight excluding hydrogens is 314 g/mol. The SMILES string of the molecule is C=C(CN(C)C)C(O)(Cc1ccc(OC)cc1)c1ccc(OC)cc1. The summed E-state index contributed by atoms with van der Waals surface area (Å²) >= 11 is 0. The van der Waals surface area contributed by atoms with Crippen LogP contribution in [0.15, 0.2) is 60.7 Å². The lowest BCUT2D eigenvalue weighted by molar-refractivity contribution is 0.0703. The first kappa shape index (κ1) is 19.0. The van der Waals surface area contributed by atoms with Gasteiger partial charge in [0.05, 0.1) is 14.2 Å². The van der Waals surface area contributed by atoms with Gasteiger partial charge in [-0.25, -0.2) is 0 Å². The van der Waals surface area contributed by atoms with E-state index in [1.165, 1.54) is 0 Å². The highest BCUT2D eigenvalue weighted by molar-refractivity contribution is 5.39. The molecule has 2 aromatic rings. The highest BCUT2D eigenvalue weighted by atomic mass is 16.5. The molecule has 0 aliphatic carbocycles. The molecule has 0 aliphatic rings. The van der Waals surface area contributed by atoms with E-state index in [1.54, 1.807) is 14.2 Å². The van der Waals surface area contributed by atoms with Gasteiger partial charge in [0.15, 0.2) is 0 Å². The Morgan fingerprint density at radius 1 is 0.960 bits per heavy atom. The van der Waals surface area contributed by atoms with E-state index in [1.807, 2.05) is 67.5 Å². The van der Waals surface area contributed by atoms with Crippen LogP contribution >= 0.6 is 0 Å². The fourth-order valence-corrected chi connectivity index (χ4v) is 2.85. The van der Waals surface area contributed by atoms with E-state index in [0.717, 1.165) is 28.2 Å². The molecule has 2 aromatic carbocycles. The quantitative estimate of drug-likeness (QED) is 0.749. The second kappa shape index (κ2) is 8.19. The van der Waals surface area contributed by atoms with Crippen LogP contribution in [0.2, 0.25) is 0 Å². The Hall–Kier alpha value is -2.30. The Bertz CT molecular complexity index is 692. The third-order valence-electron chi connectivity index (χ3n) is 4.28. The lowest BCUT2D eigenvalue weighted by Gasteiger charge is -2.33. The Kier molecular flexibility index (Phi) is 6.23. The predicted molar refractivity (Wildman–Crippen MR) is 101 cm³/mol. The molecule has 0 amide bonds. The first-order valence-corrected chi connectivity index (χ1v) is 8.22. The van der Waals surface area contributed by atoms with Gasteiger partial charge >= 0.3 is 0 Å². The van der Waals surface area contributed by atoms with Gasteiger partial charge < -0.3 is 19.5 Å². The van der Waals surface area contributed by atoms with Crippen molar-refractivity contribution in [1.82, 2.24) is 4.90 Å². The zero-order valence-corrected chi connectivity index (χ0v) is 15.5. The number of likely N-dealkylation sites (N-methyl/N-ethyl adjacent to an activating group) is 1. The van der Waals surface area contributed by atoms with Crippen molar-refractivity contribution in [3.8, 4) is 11.5 Å². The van der Waals surface area contributed by atoms with Gasteiger partial charge in [-0.15, -0.1) is 0 Å². The summed E-state index contributed by atoms with van der Waals surface area (Å²) in [6, 6.07) is 15.2.